The highest BCUT2D eigenvalue weighted by atomic mass is 32.2. The maximum atomic E-state index is 11.1. The summed E-state index contributed by atoms with van der Waals surface area (Å²) < 4.78 is 9.52. The van der Waals surface area contributed by atoms with Gasteiger partial charge in [0.05, 0.1) is 24.8 Å². The predicted octanol–water partition coefficient (Wildman–Crippen LogP) is 2.48. The molecule has 0 saturated heterocycles. The van der Waals surface area contributed by atoms with E-state index in [2.05, 4.69) is 20.0 Å². The Morgan fingerprint density at radius 2 is 2.32 bits per heavy atom. The molecule has 2 N–H and O–H groups in total. The molecule has 0 aliphatic heterocycles. The third-order valence-electron chi connectivity index (χ3n) is 2.42. The maximum absolute atomic E-state index is 11.1. The molecule has 7 heteroatoms. The number of nitrogens with one attached hydrogen (secondary N) is 2. The first kappa shape index (κ1) is 13.7. The van der Waals surface area contributed by atoms with Gasteiger partial charge in [0.25, 0.3) is 0 Å². The minimum Gasteiger partial charge on any atom is -0.453 e. The smallest absolute Gasteiger partial charge is 0.413 e. The summed E-state index contributed by atoms with van der Waals surface area (Å²) in [6, 6.07) is 5.89. The summed E-state index contributed by atoms with van der Waals surface area (Å²) in [7, 11) is 2.99. The van der Waals surface area contributed by atoms with Crippen LogP contribution in [0.25, 0.3) is 11.0 Å². The molecule has 0 bridgehead atoms. The van der Waals surface area contributed by atoms with Crippen LogP contribution >= 0.6 is 11.8 Å². The van der Waals surface area contributed by atoms with Crippen LogP contribution in [0.1, 0.15) is 0 Å². The average Bonchev–Trinajstić information content (AvgIpc) is 2.80. The van der Waals surface area contributed by atoms with E-state index in [1.165, 1.54) is 7.11 Å². The Labute approximate surface area is 114 Å². The number of hydrogen-bond acceptors (Lipinski definition) is 5. The highest BCUT2D eigenvalue weighted by Crippen LogP contribution is 2.23. The molecular weight excluding hydrogens is 266 g/mol. The number of fused-ring (bicyclic) bond motifs is 1. The number of H-pyrrole nitrogens is 1. The largest absolute Gasteiger partial charge is 0.453 e. The normalized spacial score (nSPS) is 10.6. The van der Waals surface area contributed by atoms with Gasteiger partial charge in [0, 0.05) is 17.8 Å². The van der Waals surface area contributed by atoms with E-state index >= 15 is 0 Å². The number of hydrogen-bond donors (Lipinski definition) is 2. The number of aromatic amines is 1. The number of carbonyl (C=O) groups excluding carboxylic acids is 1. The first-order chi connectivity index (χ1) is 9.22. The molecule has 2 aromatic rings. The summed E-state index contributed by atoms with van der Waals surface area (Å²) in [5.74, 6) is 1.27. The number of amides is 1. The van der Waals surface area contributed by atoms with E-state index in [4.69, 9.17) is 4.74 Å². The fourth-order valence-electron chi connectivity index (χ4n) is 1.53. The zero-order valence-electron chi connectivity index (χ0n) is 10.7. The van der Waals surface area contributed by atoms with Crippen LogP contribution in [0.15, 0.2) is 23.1 Å². The Morgan fingerprint density at radius 3 is 3.05 bits per heavy atom. The van der Waals surface area contributed by atoms with Gasteiger partial charge in [-0.1, -0.05) is 0 Å². The summed E-state index contributed by atoms with van der Waals surface area (Å²) in [5.41, 5.74) is 1.66. The van der Waals surface area contributed by atoms with Crippen molar-refractivity contribution >= 4 is 34.8 Å². The van der Waals surface area contributed by atoms with Crippen molar-refractivity contribution in [3.05, 3.63) is 18.2 Å². The number of thioether (sulfide) groups is 1. The lowest BCUT2D eigenvalue weighted by molar-refractivity contribution is 0.186. The van der Waals surface area contributed by atoms with Crippen LogP contribution in [0.5, 0.6) is 0 Å². The van der Waals surface area contributed by atoms with Crippen LogP contribution in [0.4, 0.5) is 10.7 Å². The van der Waals surface area contributed by atoms with Crippen LogP contribution in [0.2, 0.25) is 0 Å². The summed E-state index contributed by atoms with van der Waals surface area (Å²) >= 11 is 1.70. The van der Waals surface area contributed by atoms with Crippen molar-refractivity contribution in [2.75, 3.05) is 31.9 Å². The number of rotatable bonds is 5. The van der Waals surface area contributed by atoms with Crippen LogP contribution in [-0.2, 0) is 9.47 Å². The maximum Gasteiger partial charge on any atom is 0.413 e. The van der Waals surface area contributed by atoms with E-state index in [1.54, 1.807) is 18.9 Å². The van der Waals surface area contributed by atoms with E-state index in [0.29, 0.717) is 12.6 Å². The van der Waals surface area contributed by atoms with Gasteiger partial charge in [-0.25, -0.2) is 9.78 Å². The molecular formula is C12H15N3O3S. The minimum atomic E-state index is -0.547. The zero-order chi connectivity index (χ0) is 13.7. The molecule has 102 valence electrons. The Kier molecular flexibility index (Phi) is 4.64. The fourth-order valence-corrected chi connectivity index (χ4v) is 2.38. The van der Waals surface area contributed by atoms with E-state index in [9.17, 15) is 4.79 Å². The lowest BCUT2D eigenvalue weighted by Gasteiger charge is -2.00. The first-order valence-electron chi connectivity index (χ1n) is 5.69. The molecule has 2 rings (SSSR count). The molecule has 1 aromatic carbocycles. The summed E-state index contributed by atoms with van der Waals surface area (Å²) in [6.45, 7) is 0.709. The second-order valence-electron chi connectivity index (χ2n) is 3.72. The van der Waals surface area contributed by atoms with E-state index in [1.807, 2.05) is 18.2 Å². The first-order valence-corrected chi connectivity index (χ1v) is 6.68. The van der Waals surface area contributed by atoms with Gasteiger partial charge < -0.3 is 14.5 Å². The Morgan fingerprint density at radius 1 is 1.47 bits per heavy atom. The molecule has 0 radical (unpaired) electrons. The third kappa shape index (κ3) is 3.62. The van der Waals surface area contributed by atoms with Gasteiger partial charge in [0.15, 0.2) is 0 Å². The van der Waals surface area contributed by atoms with Gasteiger partial charge in [-0.05, 0) is 18.2 Å². The van der Waals surface area contributed by atoms with Crippen LogP contribution in [0, 0.1) is 0 Å². The molecule has 0 aliphatic carbocycles. The number of nitrogens with zero attached hydrogens (tertiary/aromatic N) is 1. The highest BCUT2D eigenvalue weighted by Gasteiger charge is 2.07. The summed E-state index contributed by atoms with van der Waals surface area (Å²) in [5, 5.41) is 2.50. The molecule has 0 spiro atoms. The number of methoxy groups -OCH3 is 2. The molecule has 0 atom stereocenters. The van der Waals surface area contributed by atoms with Gasteiger partial charge in [-0.3, -0.25) is 5.32 Å². The Hall–Kier alpha value is -1.73. The van der Waals surface area contributed by atoms with Crippen LogP contribution in [0.3, 0.4) is 0 Å². The average molecular weight is 281 g/mol. The lowest BCUT2D eigenvalue weighted by atomic mass is 10.3. The van der Waals surface area contributed by atoms with Crippen molar-refractivity contribution in [1.82, 2.24) is 9.97 Å². The number of benzene rings is 1. The second-order valence-corrected chi connectivity index (χ2v) is 4.89. The number of anilines is 1. The van der Waals surface area contributed by atoms with Crippen molar-refractivity contribution in [2.45, 2.75) is 4.90 Å². The van der Waals surface area contributed by atoms with Crippen LogP contribution < -0.4 is 5.32 Å². The highest BCUT2D eigenvalue weighted by molar-refractivity contribution is 7.99. The molecule has 1 heterocycles. The Bertz CT molecular complexity index is 570. The molecule has 19 heavy (non-hydrogen) atoms. The topological polar surface area (TPSA) is 76.2 Å². The van der Waals surface area contributed by atoms with E-state index < -0.39 is 6.09 Å². The summed E-state index contributed by atoms with van der Waals surface area (Å²) in [6.07, 6.45) is -0.547. The van der Waals surface area contributed by atoms with E-state index in [0.717, 1.165) is 21.7 Å². The van der Waals surface area contributed by atoms with Gasteiger partial charge in [0.1, 0.15) is 0 Å². The van der Waals surface area contributed by atoms with Crippen molar-refractivity contribution in [1.29, 1.82) is 0 Å². The standard InChI is InChI=1S/C12H15N3O3S/c1-17-5-6-19-8-3-4-9-10(7-8)14-11(13-9)15-12(16)18-2/h3-4,7H,5-6H2,1-2H3,(H2,13,14,15,16). The van der Waals surface area contributed by atoms with Gasteiger partial charge >= 0.3 is 6.09 Å². The molecule has 1 aromatic heterocycles. The number of carbonyl (C=O) groups is 1. The molecule has 0 unspecified atom stereocenters. The predicted molar refractivity (Wildman–Crippen MR) is 74.7 cm³/mol. The fraction of sp³-hybridized carbons (Fsp3) is 0.333. The number of aromatic nitrogens is 2. The van der Waals surface area contributed by atoms with Crippen molar-refractivity contribution in [3.63, 3.8) is 0 Å². The zero-order valence-corrected chi connectivity index (χ0v) is 11.5. The van der Waals surface area contributed by atoms with Crippen molar-refractivity contribution in [2.24, 2.45) is 0 Å². The van der Waals surface area contributed by atoms with Gasteiger partial charge in [0.2, 0.25) is 5.95 Å². The van der Waals surface area contributed by atoms with Crippen molar-refractivity contribution in [3.8, 4) is 0 Å². The van der Waals surface area contributed by atoms with Gasteiger partial charge in [-0.2, -0.15) is 0 Å². The third-order valence-corrected chi connectivity index (χ3v) is 3.37. The monoisotopic (exact) mass is 281 g/mol. The molecule has 0 fully saturated rings. The molecule has 0 saturated carbocycles. The number of ether oxygens (including phenoxy) is 2. The van der Waals surface area contributed by atoms with E-state index in [-0.39, 0.29) is 0 Å². The SMILES string of the molecule is COCCSc1ccc2nc(NC(=O)OC)[nH]c2c1. The second kappa shape index (κ2) is 6.44. The Balaban J connectivity index is 2.11. The quantitative estimate of drug-likeness (QED) is 0.650. The molecule has 6 nitrogen and oxygen atoms in total. The molecule has 0 aliphatic rings. The molecule has 1 amide bonds. The minimum absolute atomic E-state index is 0.376. The van der Waals surface area contributed by atoms with Crippen LogP contribution in [-0.4, -0.2) is 42.6 Å². The van der Waals surface area contributed by atoms with Crippen molar-refractivity contribution < 1.29 is 14.3 Å². The summed E-state index contributed by atoms with van der Waals surface area (Å²) in [4.78, 5) is 19.5. The number of imidazole rings is 1. The lowest BCUT2D eigenvalue weighted by Crippen LogP contribution is -2.11. The van der Waals surface area contributed by atoms with Gasteiger partial charge in [-0.15, -0.1) is 11.8 Å².